The second-order valence-electron chi connectivity index (χ2n) is 3.89. The number of aryl methyl sites for hydroxylation is 1. The summed E-state index contributed by atoms with van der Waals surface area (Å²) >= 11 is 6.63. The fourth-order valence-corrected chi connectivity index (χ4v) is 4.13. The van der Waals surface area contributed by atoms with E-state index in [9.17, 15) is 8.42 Å². The summed E-state index contributed by atoms with van der Waals surface area (Å²) in [6.45, 7) is 3.11. The first-order valence-electron chi connectivity index (χ1n) is 5.48. The van der Waals surface area contributed by atoms with Crippen LogP contribution in [0.3, 0.4) is 0 Å². The van der Waals surface area contributed by atoms with Crippen molar-refractivity contribution >= 4 is 41.9 Å². The van der Waals surface area contributed by atoms with Crippen LogP contribution in [0, 0.1) is 6.92 Å². The highest BCUT2D eigenvalue weighted by molar-refractivity contribution is 9.11. The summed E-state index contributed by atoms with van der Waals surface area (Å²) in [5.74, 6) is 0. The minimum Gasteiger partial charge on any atom is -0.320 e. The molecular formula is C11H16Br2N2O2S. The van der Waals surface area contributed by atoms with Crippen molar-refractivity contribution in [1.29, 1.82) is 0 Å². The summed E-state index contributed by atoms with van der Waals surface area (Å²) in [5, 5.41) is 2.97. The van der Waals surface area contributed by atoms with Gasteiger partial charge in [-0.25, -0.2) is 13.1 Å². The van der Waals surface area contributed by atoms with Gasteiger partial charge in [-0.1, -0.05) is 15.9 Å². The van der Waals surface area contributed by atoms with Crippen LogP contribution >= 0.6 is 31.9 Å². The van der Waals surface area contributed by atoms with Crippen LogP contribution in [0.5, 0.6) is 0 Å². The van der Waals surface area contributed by atoms with Gasteiger partial charge in [-0.2, -0.15) is 0 Å². The lowest BCUT2D eigenvalue weighted by atomic mass is 10.2. The summed E-state index contributed by atoms with van der Waals surface area (Å²) < 4.78 is 28.1. The molecule has 0 fully saturated rings. The largest absolute Gasteiger partial charge is 0.320 e. The quantitative estimate of drug-likeness (QED) is 0.722. The minimum atomic E-state index is -3.47. The van der Waals surface area contributed by atoms with Crippen LogP contribution in [0.1, 0.15) is 12.0 Å². The second-order valence-corrected chi connectivity index (χ2v) is 7.33. The molecule has 2 N–H and O–H groups in total. The molecule has 0 saturated carbocycles. The van der Waals surface area contributed by atoms with E-state index >= 15 is 0 Å². The van der Waals surface area contributed by atoms with Gasteiger partial charge in [0.25, 0.3) is 0 Å². The van der Waals surface area contributed by atoms with Crippen molar-refractivity contribution in [3.05, 3.63) is 26.6 Å². The third kappa shape index (κ3) is 4.31. The molecule has 0 aromatic heterocycles. The maximum absolute atomic E-state index is 12.1. The molecule has 0 unspecified atom stereocenters. The first-order valence-corrected chi connectivity index (χ1v) is 8.55. The molecule has 0 radical (unpaired) electrons. The van der Waals surface area contributed by atoms with Crippen LogP contribution in [0.15, 0.2) is 26.0 Å². The fraction of sp³-hybridized carbons (Fsp3) is 0.455. The third-order valence-electron chi connectivity index (χ3n) is 2.40. The van der Waals surface area contributed by atoms with E-state index in [2.05, 4.69) is 41.9 Å². The molecule has 7 heteroatoms. The van der Waals surface area contributed by atoms with Crippen molar-refractivity contribution in [1.82, 2.24) is 10.0 Å². The predicted octanol–water partition coefficient (Wildman–Crippen LogP) is 2.41. The van der Waals surface area contributed by atoms with Crippen LogP contribution < -0.4 is 10.0 Å². The van der Waals surface area contributed by atoms with Gasteiger partial charge < -0.3 is 5.32 Å². The number of halogens is 2. The van der Waals surface area contributed by atoms with E-state index in [1.807, 2.05) is 14.0 Å². The summed E-state index contributed by atoms with van der Waals surface area (Å²) in [7, 11) is -1.63. The molecule has 4 nitrogen and oxygen atoms in total. The highest BCUT2D eigenvalue weighted by atomic mass is 79.9. The van der Waals surface area contributed by atoms with E-state index in [0.717, 1.165) is 23.0 Å². The lowest BCUT2D eigenvalue weighted by Gasteiger charge is -2.10. The fourth-order valence-electron chi connectivity index (χ4n) is 1.38. The molecule has 1 aromatic carbocycles. The zero-order chi connectivity index (χ0) is 13.8. The Bertz CT molecular complexity index is 518. The molecule has 102 valence electrons. The van der Waals surface area contributed by atoms with Crippen LogP contribution in [0.2, 0.25) is 0 Å². The molecule has 0 atom stereocenters. The van der Waals surface area contributed by atoms with E-state index in [1.165, 1.54) is 0 Å². The van der Waals surface area contributed by atoms with Crippen LogP contribution in [-0.2, 0) is 10.0 Å². The van der Waals surface area contributed by atoms with E-state index in [1.54, 1.807) is 12.1 Å². The third-order valence-corrected chi connectivity index (χ3v) is 5.67. The molecular weight excluding hydrogens is 384 g/mol. The molecule has 0 saturated heterocycles. The molecule has 0 amide bonds. The smallest absolute Gasteiger partial charge is 0.241 e. The Hall–Kier alpha value is 0.0500. The van der Waals surface area contributed by atoms with E-state index < -0.39 is 10.0 Å². The van der Waals surface area contributed by atoms with Crippen molar-refractivity contribution in [2.75, 3.05) is 20.1 Å². The standard InChI is InChI=1S/C11H16Br2N2O2S/c1-8-6-10(13)11(7-9(8)12)18(16,17)15-5-3-4-14-2/h6-7,14-15H,3-5H2,1-2H3. The van der Waals surface area contributed by atoms with E-state index in [-0.39, 0.29) is 4.90 Å². The van der Waals surface area contributed by atoms with Crippen molar-refractivity contribution in [3.8, 4) is 0 Å². The highest BCUT2D eigenvalue weighted by Gasteiger charge is 2.18. The average Bonchev–Trinajstić information content (AvgIpc) is 2.29. The van der Waals surface area contributed by atoms with Gasteiger partial charge in [0.05, 0.1) is 4.90 Å². The monoisotopic (exact) mass is 398 g/mol. The van der Waals surface area contributed by atoms with Crippen molar-refractivity contribution in [2.45, 2.75) is 18.2 Å². The topological polar surface area (TPSA) is 58.2 Å². The van der Waals surface area contributed by atoms with Gasteiger partial charge in [0, 0.05) is 15.5 Å². The summed E-state index contributed by atoms with van der Waals surface area (Å²) in [4.78, 5) is 0.254. The first kappa shape index (κ1) is 16.1. The Labute approximate surface area is 125 Å². The lowest BCUT2D eigenvalue weighted by Crippen LogP contribution is -2.27. The molecule has 0 heterocycles. The minimum absolute atomic E-state index is 0.254. The van der Waals surface area contributed by atoms with Gasteiger partial charge in [0.15, 0.2) is 0 Å². The maximum Gasteiger partial charge on any atom is 0.241 e. The lowest BCUT2D eigenvalue weighted by molar-refractivity contribution is 0.576. The Balaban J connectivity index is 2.88. The molecule has 0 aliphatic carbocycles. The van der Waals surface area contributed by atoms with Gasteiger partial charge in [0.1, 0.15) is 0 Å². The maximum atomic E-state index is 12.1. The summed E-state index contributed by atoms with van der Waals surface area (Å²) in [6, 6.07) is 3.39. The van der Waals surface area contributed by atoms with Crippen LogP contribution in [0.4, 0.5) is 0 Å². The number of nitrogens with one attached hydrogen (secondary N) is 2. The summed E-state index contributed by atoms with van der Waals surface area (Å²) in [6.07, 6.45) is 0.750. The van der Waals surface area contributed by atoms with Crippen molar-refractivity contribution in [2.24, 2.45) is 0 Å². The van der Waals surface area contributed by atoms with Crippen LogP contribution in [0.25, 0.3) is 0 Å². The van der Waals surface area contributed by atoms with Crippen LogP contribution in [-0.4, -0.2) is 28.6 Å². The molecule has 0 aliphatic heterocycles. The van der Waals surface area contributed by atoms with Gasteiger partial charge in [-0.15, -0.1) is 0 Å². The van der Waals surface area contributed by atoms with Gasteiger partial charge in [0.2, 0.25) is 10.0 Å². The van der Waals surface area contributed by atoms with E-state index in [4.69, 9.17) is 0 Å². The first-order chi connectivity index (χ1) is 8.38. The number of sulfonamides is 1. The number of hydrogen-bond acceptors (Lipinski definition) is 3. The normalized spacial score (nSPS) is 11.8. The zero-order valence-corrected chi connectivity index (χ0v) is 14.2. The SMILES string of the molecule is CNCCCNS(=O)(=O)c1cc(Br)c(C)cc1Br. The highest BCUT2D eigenvalue weighted by Crippen LogP contribution is 2.28. The Kier molecular flexibility index (Phi) is 6.26. The van der Waals surface area contributed by atoms with Crippen molar-refractivity contribution in [3.63, 3.8) is 0 Å². The molecule has 1 aromatic rings. The Morgan fingerprint density at radius 1 is 1.17 bits per heavy atom. The predicted molar refractivity (Wildman–Crippen MR) is 80.3 cm³/mol. The van der Waals surface area contributed by atoms with E-state index in [0.29, 0.717) is 11.0 Å². The molecule has 0 spiro atoms. The second kappa shape index (κ2) is 7.00. The zero-order valence-electron chi connectivity index (χ0n) is 10.3. The molecule has 18 heavy (non-hydrogen) atoms. The number of benzene rings is 1. The van der Waals surface area contributed by atoms with Gasteiger partial charge in [-0.05, 0) is 60.6 Å². The van der Waals surface area contributed by atoms with Gasteiger partial charge in [-0.3, -0.25) is 0 Å². The molecule has 0 bridgehead atoms. The average molecular weight is 400 g/mol. The Morgan fingerprint density at radius 2 is 1.83 bits per heavy atom. The molecule has 0 aliphatic rings. The molecule has 1 rings (SSSR count). The Morgan fingerprint density at radius 3 is 2.44 bits per heavy atom. The number of hydrogen-bond donors (Lipinski definition) is 2. The van der Waals surface area contributed by atoms with Gasteiger partial charge >= 0.3 is 0 Å². The summed E-state index contributed by atoms with van der Waals surface area (Å²) in [5.41, 5.74) is 0.982. The number of rotatable bonds is 6. The van der Waals surface area contributed by atoms with Crippen molar-refractivity contribution < 1.29 is 8.42 Å².